The van der Waals surface area contributed by atoms with Crippen molar-refractivity contribution in [3.63, 3.8) is 0 Å². The van der Waals surface area contributed by atoms with Gasteiger partial charge in [-0.05, 0) is 38.5 Å². The largest absolute Gasteiger partial charge is 0.416 e. The van der Waals surface area contributed by atoms with E-state index in [1.807, 2.05) is 0 Å². The first-order valence-electron chi connectivity index (χ1n) is 9.01. The second-order valence-corrected chi connectivity index (χ2v) is 6.55. The second-order valence-electron chi connectivity index (χ2n) is 6.55. The predicted molar refractivity (Wildman–Crippen MR) is 99.3 cm³/mol. The minimum atomic E-state index is -4.53. The summed E-state index contributed by atoms with van der Waals surface area (Å²) in [5.74, 6) is 0.220. The van der Waals surface area contributed by atoms with Crippen molar-refractivity contribution in [2.75, 3.05) is 6.54 Å². The fourth-order valence-corrected chi connectivity index (χ4v) is 2.75. The van der Waals surface area contributed by atoms with Gasteiger partial charge in [-0.3, -0.25) is 9.59 Å². The molecule has 1 N–H and O–H groups in total. The summed E-state index contributed by atoms with van der Waals surface area (Å²) < 4.78 is 45.1. The van der Waals surface area contributed by atoms with E-state index in [2.05, 4.69) is 20.6 Å². The van der Waals surface area contributed by atoms with Gasteiger partial charge in [-0.25, -0.2) is 4.68 Å². The van der Waals surface area contributed by atoms with E-state index < -0.39 is 28.8 Å². The van der Waals surface area contributed by atoms with Crippen LogP contribution in [0.25, 0.3) is 5.69 Å². The summed E-state index contributed by atoms with van der Waals surface area (Å²) in [5, 5.41) is 10.2. The van der Waals surface area contributed by atoms with Gasteiger partial charge in [0.2, 0.25) is 11.3 Å². The van der Waals surface area contributed by atoms with Crippen LogP contribution in [0.5, 0.6) is 0 Å². The van der Waals surface area contributed by atoms with E-state index in [0.29, 0.717) is 30.3 Å². The third-order valence-corrected chi connectivity index (χ3v) is 4.16. The normalized spacial score (nSPS) is 11.5. The first-order chi connectivity index (χ1) is 14.1. The van der Waals surface area contributed by atoms with Gasteiger partial charge in [0, 0.05) is 24.7 Å². The van der Waals surface area contributed by atoms with E-state index in [1.165, 1.54) is 19.1 Å². The van der Waals surface area contributed by atoms with Crippen LogP contribution in [0.3, 0.4) is 0 Å². The third-order valence-electron chi connectivity index (χ3n) is 4.16. The molecule has 158 valence electrons. The van der Waals surface area contributed by atoms with E-state index >= 15 is 0 Å². The SMILES string of the molecule is Cc1noc(CCCNC(=O)c2nn(-c3cccc(C(F)(F)F)c3)c(C)cc2=O)n1. The Morgan fingerprint density at radius 2 is 2.00 bits per heavy atom. The summed E-state index contributed by atoms with van der Waals surface area (Å²) in [4.78, 5) is 28.6. The van der Waals surface area contributed by atoms with Gasteiger partial charge in [0.05, 0.1) is 11.3 Å². The standard InChI is InChI=1S/C19H18F3N5O3/c1-11-9-15(28)17(18(29)23-8-4-7-16-24-12(2)26-30-16)25-27(11)14-6-3-5-13(10-14)19(20,21)22/h3,5-6,9-10H,4,7-8H2,1-2H3,(H,23,29). The number of aryl methyl sites for hydroxylation is 3. The molecule has 0 radical (unpaired) electrons. The fourth-order valence-electron chi connectivity index (χ4n) is 2.75. The number of halogens is 3. The van der Waals surface area contributed by atoms with E-state index in [9.17, 15) is 22.8 Å². The maximum absolute atomic E-state index is 13.0. The van der Waals surface area contributed by atoms with Gasteiger partial charge in [-0.2, -0.15) is 23.3 Å². The van der Waals surface area contributed by atoms with Crippen molar-refractivity contribution in [2.45, 2.75) is 32.9 Å². The van der Waals surface area contributed by atoms with Gasteiger partial charge in [0.25, 0.3) is 5.91 Å². The highest BCUT2D eigenvalue weighted by molar-refractivity contribution is 5.92. The molecule has 0 bridgehead atoms. The fraction of sp³-hybridized carbons (Fsp3) is 0.316. The Kier molecular flexibility index (Phi) is 5.99. The van der Waals surface area contributed by atoms with Crippen LogP contribution in [0, 0.1) is 13.8 Å². The number of nitrogens with zero attached hydrogens (tertiary/aromatic N) is 4. The Labute approximate surface area is 168 Å². The average Bonchev–Trinajstić information content (AvgIpc) is 3.10. The molecule has 11 heteroatoms. The summed E-state index contributed by atoms with van der Waals surface area (Å²) in [6.45, 7) is 3.43. The Bertz CT molecular complexity index is 1120. The molecule has 30 heavy (non-hydrogen) atoms. The molecule has 0 saturated carbocycles. The van der Waals surface area contributed by atoms with Gasteiger partial charge in [-0.1, -0.05) is 11.2 Å². The van der Waals surface area contributed by atoms with Crippen LogP contribution in [0.15, 0.2) is 39.6 Å². The lowest BCUT2D eigenvalue weighted by Crippen LogP contribution is -2.32. The smallest absolute Gasteiger partial charge is 0.351 e. The second kappa shape index (κ2) is 8.47. The number of hydrogen-bond donors (Lipinski definition) is 1. The lowest BCUT2D eigenvalue weighted by atomic mass is 10.2. The third kappa shape index (κ3) is 4.91. The Hall–Kier alpha value is -3.50. The quantitative estimate of drug-likeness (QED) is 0.614. The molecule has 0 aliphatic heterocycles. The molecule has 0 atom stereocenters. The molecule has 2 heterocycles. The molecule has 0 fully saturated rings. The van der Waals surface area contributed by atoms with Gasteiger partial charge >= 0.3 is 6.18 Å². The van der Waals surface area contributed by atoms with Gasteiger partial charge in [0.1, 0.15) is 0 Å². The number of alkyl halides is 3. The molecule has 0 saturated heterocycles. The van der Waals surface area contributed by atoms with Crippen molar-refractivity contribution < 1.29 is 22.5 Å². The van der Waals surface area contributed by atoms with Crippen LogP contribution in [0.2, 0.25) is 0 Å². The molecular weight excluding hydrogens is 403 g/mol. The highest BCUT2D eigenvalue weighted by atomic mass is 19.4. The van der Waals surface area contributed by atoms with Crippen LogP contribution >= 0.6 is 0 Å². The van der Waals surface area contributed by atoms with Crippen molar-refractivity contribution in [3.8, 4) is 5.69 Å². The zero-order chi connectivity index (χ0) is 21.9. The number of carbonyl (C=O) groups is 1. The molecule has 0 aliphatic rings. The van der Waals surface area contributed by atoms with Crippen molar-refractivity contribution in [1.29, 1.82) is 0 Å². The minimum absolute atomic E-state index is 0.0862. The molecule has 8 nitrogen and oxygen atoms in total. The van der Waals surface area contributed by atoms with Crippen molar-refractivity contribution in [1.82, 2.24) is 25.2 Å². The maximum atomic E-state index is 13.0. The van der Waals surface area contributed by atoms with Crippen molar-refractivity contribution >= 4 is 5.91 Å². The Balaban J connectivity index is 1.76. The number of carbonyl (C=O) groups excluding carboxylic acids is 1. The molecule has 1 aromatic carbocycles. The Morgan fingerprint density at radius 3 is 2.67 bits per heavy atom. The first kappa shape index (κ1) is 21.2. The molecular formula is C19H18F3N5O3. The number of hydrogen-bond acceptors (Lipinski definition) is 6. The lowest BCUT2D eigenvalue weighted by molar-refractivity contribution is -0.137. The zero-order valence-electron chi connectivity index (χ0n) is 16.2. The Morgan fingerprint density at radius 1 is 1.23 bits per heavy atom. The number of aromatic nitrogens is 4. The summed E-state index contributed by atoms with van der Waals surface area (Å²) >= 11 is 0. The summed E-state index contributed by atoms with van der Waals surface area (Å²) in [5.41, 5.74) is -1.51. The molecule has 1 amide bonds. The topological polar surface area (TPSA) is 103 Å². The predicted octanol–water partition coefficient (Wildman–Crippen LogP) is 2.61. The van der Waals surface area contributed by atoms with Gasteiger partial charge in [-0.15, -0.1) is 0 Å². The number of nitrogens with one attached hydrogen (secondary N) is 1. The van der Waals surface area contributed by atoms with Crippen molar-refractivity contribution in [2.24, 2.45) is 0 Å². The van der Waals surface area contributed by atoms with E-state index in [0.717, 1.165) is 22.9 Å². The van der Waals surface area contributed by atoms with E-state index in [4.69, 9.17) is 4.52 Å². The van der Waals surface area contributed by atoms with Crippen LogP contribution in [0.4, 0.5) is 13.2 Å². The summed E-state index contributed by atoms with van der Waals surface area (Å²) in [6, 6.07) is 5.63. The minimum Gasteiger partial charge on any atom is -0.351 e. The lowest BCUT2D eigenvalue weighted by Gasteiger charge is -2.13. The molecule has 3 rings (SSSR count). The molecule has 0 spiro atoms. The van der Waals surface area contributed by atoms with Crippen LogP contribution in [0.1, 0.15) is 39.9 Å². The maximum Gasteiger partial charge on any atom is 0.416 e. The number of benzene rings is 1. The monoisotopic (exact) mass is 421 g/mol. The first-order valence-corrected chi connectivity index (χ1v) is 9.01. The van der Waals surface area contributed by atoms with E-state index in [1.54, 1.807) is 6.92 Å². The highest BCUT2D eigenvalue weighted by Gasteiger charge is 2.30. The molecule has 0 aliphatic carbocycles. The summed E-state index contributed by atoms with van der Waals surface area (Å²) in [6.07, 6.45) is -3.60. The molecule has 2 aromatic heterocycles. The number of amides is 1. The average molecular weight is 421 g/mol. The highest BCUT2D eigenvalue weighted by Crippen LogP contribution is 2.30. The molecule has 3 aromatic rings. The molecule has 0 unspecified atom stereocenters. The summed E-state index contributed by atoms with van der Waals surface area (Å²) in [7, 11) is 0. The van der Waals surface area contributed by atoms with Crippen molar-refractivity contribution in [3.05, 3.63) is 69.2 Å². The van der Waals surface area contributed by atoms with Crippen LogP contribution in [-0.4, -0.2) is 32.4 Å². The van der Waals surface area contributed by atoms with Crippen LogP contribution < -0.4 is 10.7 Å². The van der Waals surface area contributed by atoms with Gasteiger partial charge < -0.3 is 9.84 Å². The van der Waals surface area contributed by atoms with E-state index in [-0.39, 0.29) is 12.2 Å². The zero-order valence-corrected chi connectivity index (χ0v) is 16.2. The number of rotatable bonds is 6. The van der Waals surface area contributed by atoms with Gasteiger partial charge in [0.15, 0.2) is 11.5 Å². The van der Waals surface area contributed by atoms with Crippen LogP contribution in [-0.2, 0) is 12.6 Å².